The number of benzene rings is 1. The van der Waals surface area contributed by atoms with Gasteiger partial charge in [-0.15, -0.1) is 0 Å². The maximum Gasteiger partial charge on any atom is 0.225 e. The van der Waals surface area contributed by atoms with Crippen LogP contribution in [0.5, 0.6) is 0 Å². The van der Waals surface area contributed by atoms with Gasteiger partial charge in [-0.3, -0.25) is 4.79 Å². The van der Waals surface area contributed by atoms with Gasteiger partial charge in [0.2, 0.25) is 5.91 Å². The third-order valence-corrected chi connectivity index (χ3v) is 2.50. The van der Waals surface area contributed by atoms with E-state index in [0.717, 1.165) is 11.4 Å². The largest absolute Gasteiger partial charge is 0.326 e. The lowest BCUT2D eigenvalue weighted by molar-refractivity contribution is -0.116. The molecule has 0 saturated heterocycles. The second kappa shape index (κ2) is 5.97. The predicted octanol–water partition coefficient (Wildman–Crippen LogP) is 1.42. The third-order valence-electron chi connectivity index (χ3n) is 2.50. The van der Waals surface area contributed by atoms with Gasteiger partial charge < -0.3 is 10.6 Å². The molecule has 0 fully saturated rings. The summed E-state index contributed by atoms with van der Waals surface area (Å²) in [4.78, 5) is 11.6. The van der Waals surface area contributed by atoms with E-state index in [1.165, 1.54) is 0 Å². The number of amides is 1. The van der Waals surface area contributed by atoms with E-state index in [1.54, 1.807) is 10.9 Å². The first kappa shape index (κ1) is 12.3. The summed E-state index contributed by atoms with van der Waals surface area (Å²) in [6, 6.07) is 9.45. The van der Waals surface area contributed by atoms with Gasteiger partial charge >= 0.3 is 0 Å². The van der Waals surface area contributed by atoms with E-state index in [-0.39, 0.29) is 5.91 Å². The van der Waals surface area contributed by atoms with E-state index in [4.69, 9.17) is 0 Å². The second-order valence-corrected chi connectivity index (χ2v) is 3.90. The van der Waals surface area contributed by atoms with Gasteiger partial charge in [-0.2, -0.15) is 5.10 Å². The van der Waals surface area contributed by atoms with Crippen LogP contribution in [0, 0.1) is 0 Å². The SMILES string of the molecule is CNCCC(=O)Nc1cccc(-n2cccn2)c1. The number of carbonyl (C=O) groups is 1. The maximum atomic E-state index is 11.6. The molecule has 0 unspecified atom stereocenters. The highest BCUT2D eigenvalue weighted by molar-refractivity contribution is 5.91. The molecule has 5 heteroatoms. The summed E-state index contributed by atoms with van der Waals surface area (Å²) in [6.07, 6.45) is 4.04. The fourth-order valence-electron chi connectivity index (χ4n) is 1.61. The van der Waals surface area contributed by atoms with Gasteiger partial charge in [-0.1, -0.05) is 6.07 Å². The van der Waals surface area contributed by atoms with Gasteiger partial charge in [-0.25, -0.2) is 4.68 Å². The van der Waals surface area contributed by atoms with Crippen LogP contribution >= 0.6 is 0 Å². The molecule has 2 rings (SSSR count). The quantitative estimate of drug-likeness (QED) is 0.836. The van der Waals surface area contributed by atoms with E-state index in [1.807, 2.05) is 43.6 Å². The van der Waals surface area contributed by atoms with Crippen molar-refractivity contribution in [1.82, 2.24) is 15.1 Å². The molecule has 0 aliphatic rings. The van der Waals surface area contributed by atoms with Crippen molar-refractivity contribution in [3.63, 3.8) is 0 Å². The normalized spacial score (nSPS) is 10.3. The maximum absolute atomic E-state index is 11.6. The van der Waals surface area contributed by atoms with Crippen molar-refractivity contribution < 1.29 is 4.79 Å². The lowest BCUT2D eigenvalue weighted by Crippen LogP contribution is -2.18. The molecule has 0 aliphatic heterocycles. The van der Waals surface area contributed by atoms with E-state index in [9.17, 15) is 4.79 Å². The molecule has 0 atom stereocenters. The van der Waals surface area contributed by atoms with Crippen LogP contribution in [-0.2, 0) is 4.79 Å². The van der Waals surface area contributed by atoms with Crippen molar-refractivity contribution >= 4 is 11.6 Å². The number of aromatic nitrogens is 2. The zero-order chi connectivity index (χ0) is 12.8. The number of rotatable bonds is 5. The first-order valence-corrected chi connectivity index (χ1v) is 5.84. The van der Waals surface area contributed by atoms with E-state index in [0.29, 0.717) is 13.0 Å². The highest BCUT2D eigenvalue weighted by atomic mass is 16.1. The lowest BCUT2D eigenvalue weighted by atomic mass is 10.2. The van der Waals surface area contributed by atoms with Crippen molar-refractivity contribution in [3.8, 4) is 5.69 Å². The molecule has 2 aromatic rings. The summed E-state index contributed by atoms with van der Waals surface area (Å²) < 4.78 is 1.75. The Morgan fingerprint density at radius 1 is 1.39 bits per heavy atom. The minimum atomic E-state index is 0.00182. The Hall–Kier alpha value is -2.14. The molecule has 0 radical (unpaired) electrons. The van der Waals surface area contributed by atoms with Crippen molar-refractivity contribution in [2.45, 2.75) is 6.42 Å². The fraction of sp³-hybridized carbons (Fsp3) is 0.231. The smallest absolute Gasteiger partial charge is 0.225 e. The molecular weight excluding hydrogens is 228 g/mol. The average molecular weight is 244 g/mol. The van der Waals surface area contributed by atoms with Crippen LogP contribution in [0.25, 0.3) is 5.69 Å². The molecule has 1 amide bonds. The molecular formula is C13H16N4O. The molecule has 94 valence electrons. The van der Waals surface area contributed by atoms with Crippen LogP contribution < -0.4 is 10.6 Å². The zero-order valence-corrected chi connectivity index (χ0v) is 10.3. The Bertz CT molecular complexity index is 507. The molecule has 0 aliphatic carbocycles. The topological polar surface area (TPSA) is 59.0 Å². The van der Waals surface area contributed by atoms with Gasteiger partial charge in [0, 0.05) is 31.0 Å². The van der Waals surface area contributed by atoms with Crippen LogP contribution in [0.15, 0.2) is 42.7 Å². The number of carbonyl (C=O) groups excluding carboxylic acids is 1. The first-order valence-electron chi connectivity index (χ1n) is 5.84. The Morgan fingerprint density at radius 3 is 3.00 bits per heavy atom. The Kier molecular flexibility index (Phi) is 4.09. The third kappa shape index (κ3) is 3.18. The van der Waals surface area contributed by atoms with Crippen LogP contribution in [0.1, 0.15) is 6.42 Å². The highest BCUT2D eigenvalue weighted by Gasteiger charge is 2.03. The number of nitrogens with one attached hydrogen (secondary N) is 2. The van der Waals surface area contributed by atoms with Crippen molar-refractivity contribution in [2.24, 2.45) is 0 Å². The number of nitrogens with zero attached hydrogens (tertiary/aromatic N) is 2. The summed E-state index contributed by atoms with van der Waals surface area (Å²) in [5, 5.41) is 9.95. The molecule has 1 aromatic heterocycles. The Balaban J connectivity index is 2.06. The van der Waals surface area contributed by atoms with Crippen molar-refractivity contribution in [2.75, 3.05) is 18.9 Å². The minimum Gasteiger partial charge on any atom is -0.326 e. The summed E-state index contributed by atoms with van der Waals surface area (Å²) in [6.45, 7) is 0.671. The molecule has 0 spiro atoms. The summed E-state index contributed by atoms with van der Waals surface area (Å²) in [7, 11) is 1.83. The summed E-state index contributed by atoms with van der Waals surface area (Å²) in [5.74, 6) is 0.00182. The van der Waals surface area contributed by atoms with E-state index < -0.39 is 0 Å². The molecule has 2 N–H and O–H groups in total. The van der Waals surface area contributed by atoms with Crippen LogP contribution in [-0.4, -0.2) is 29.3 Å². The van der Waals surface area contributed by atoms with E-state index >= 15 is 0 Å². The number of hydrogen-bond donors (Lipinski definition) is 2. The van der Waals surface area contributed by atoms with Gasteiger partial charge in [0.1, 0.15) is 0 Å². The molecule has 1 aromatic carbocycles. The Morgan fingerprint density at radius 2 is 2.28 bits per heavy atom. The molecule has 1 heterocycles. The van der Waals surface area contributed by atoms with Crippen molar-refractivity contribution in [3.05, 3.63) is 42.7 Å². The van der Waals surface area contributed by atoms with Crippen LogP contribution in [0.3, 0.4) is 0 Å². The van der Waals surface area contributed by atoms with Crippen molar-refractivity contribution in [1.29, 1.82) is 0 Å². The van der Waals surface area contributed by atoms with Gasteiger partial charge in [0.15, 0.2) is 0 Å². The zero-order valence-electron chi connectivity index (χ0n) is 10.3. The number of anilines is 1. The molecule has 5 nitrogen and oxygen atoms in total. The molecule has 0 saturated carbocycles. The number of hydrogen-bond acceptors (Lipinski definition) is 3. The minimum absolute atomic E-state index is 0.00182. The van der Waals surface area contributed by atoms with Gasteiger partial charge in [0.25, 0.3) is 0 Å². The van der Waals surface area contributed by atoms with E-state index in [2.05, 4.69) is 15.7 Å². The lowest BCUT2D eigenvalue weighted by Gasteiger charge is -2.07. The predicted molar refractivity (Wildman–Crippen MR) is 70.7 cm³/mol. The van der Waals surface area contributed by atoms with Gasteiger partial charge in [-0.05, 0) is 31.3 Å². The summed E-state index contributed by atoms with van der Waals surface area (Å²) >= 11 is 0. The summed E-state index contributed by atoms with van der Waals surface area (Å²) in [5.41, 5.74) is 1.70. The molecule has 18 heavy (non-hydrogen) atoms. The average Bonchev–Trinajstić information content (AvgIpc) is 2.90. The monoisotopic (exact) mass is 244 g/mol. The van der Waals surface area contributed by atoms with Gasteiger partial charge in [0.05, 0.1) is 5.69 Å². The fourth-order valence-corrected chi connectivity index (χ4v) is 1.61. The first-order chi connectivity index (χ1) is 8.79. The Labute approximate surface area is 106 Å². The second-order valence-electron chi connectivity index (χ2n) is 3.90. The van der Waals surface area contributed by atoms with Crippen LogP contribution in [0.4, 0.5) is 5.69 Å². The standard InChI is InChI=1S/C13H16N4O/c1-14-8-6-13(18)16-11-4-2-5-12(10-11)17-9-3-7-15-17/h2-5,7,9-10,14H,6,8H2,1H3,(H,16,18). The molecule has 0 bridgehead atoms. The highest BCUT2D eigenvalue weighted by Crippen LogP contribution is 2.13. The van der Waals surface area contributed by atoms with Crippen LogP contribution in [0.2, 0.25) is 0 Å².